The number of thiazole rings is 1. The third-order valence-corrected chi connectivity index (χ3v) is 7.06. The maximum atomic E-state index is 5.97. The van der Waals surface area contributed by atoms with Crippen molar-refractivity contribution in [3.8, 4) is 16.3 Å². The molecule has 5 nitrogen and oxygen atoms in total. The molecule has 0 unspecified atom stereocenters. The molecule has 2 heterocycles. The summed E-state index contributed by atoms with van der Waals surface area (Å²) < 4.78 is 8.08. The van der Waals surface area contributed by atoms with E-state index in [9.17, 15) is 0 Å². The monoisotopic (exact) mass is 450 g/mol. The van der Waals surface area contributed by atoms with Gasteiger partial charge in [-0.15, -0.1) is 21.5 Å². The smallest absolute Gasteiger partial charge is 0.191 e. The van der Waals surface area contributed by atoms with Crippen molar-refractivity contribution in [2.75, 3.05) is 0 Å². The van der Waals surface area contributed by atoms with Crippen molar-refractivity contribution in [1.82, 2.24) is 19.7 Å². The molecule has 160 valence electrons. The summed E-state index contributed by atoms with van der Waals surface area (Å²) in [5.41, 5.74) is 5.96. The Hall–Kier alpha value is -2.64. The summed E-state index contributed by atoms with van der Waals surface area (Å²) in [6.07, 6.45) is 0. The van der Waals surface area contributed by atoms with E-state index >= 15 is 0 Å². The third kappa shape index (κ3) is 5.17. The topological polar surface area (TPSA) is 52.8 Å². The van der Waals surface area contributed by atoms with Crippen LogP contribution >= 0.6 is 23.1 Å². The van der Waals surface area contributed by atoms with Crippen molar-refractivity contribution in [2.24, 2.45) is 0 Å². The predicted octanol–water partition coefficient (Wildman–Crippen LogP) is 6.22. The zero-order valence-corrected chi connectivity index (χ0v) is 19.9. The second-order valence-corrected chi connectivity index (χ2v) is 9.28. The van der Waals surface area contributed by atoms with Crippen LogP contribution < -0.4 is 4.74 Å². The van der Waals surface area contributed by atoms with Crippen LogP contribution in [-0.2, 0) is 18.9 Å². The second-order valence-electron chi connectivity index (χ2n) is 7.48. The van der Waals surface area contributed by atoms with Gasteiger partial charge in [-0.1, -0.05) is 41.6 Å². The predicted molar refractivity (Wildman–Crippen MR) is 128 cm³/mol. The molecule has 0 aliphatic carbocycles. The van der Waals surface area contributed by atoms with Crippen LogP contribution in [0.25, 0.3) is 10.6 Å². The molecule has 0 atom stereocenters. The molecule has 0 bridgehead atoms. The van der Waals surface area contributed by atoms with E-state index in [-0.39, 0.29) is 0 Å². The standard InChI is InChI=1S/C24H26N4OS2/c1-5-28-22(13-29-21-10-9-17(3)18(4)12-21)26-27-24(28)31-15-20-14-30-23(25-20)19-8-6-7-16(2)11-19/h6-12,14H,5,13,15H2,1-4H3. The summed E-state index contributed by atoms with van der Waals surface area (Å²) in [5.74, 6) is 2.45. The minimum Gasteiger partial charge on any atom is -0.486 e. The number of benzene rings is 2. The van der Waals surface area contributed by atoms with E-state index < -0.39 is 0 Å². The van der Waals surface area contributed by atoms with Crippen LogP contribution in [0.3, 0.4) is 0 Å². The normalized spacial score (nSPS) is 11.1. The summed E-state index contributed by atoms with van der Waals surface area (Å²) in [7, 11) is 0. The molecule has 4 rings (SSSR count). The molecule has 2 aromatic carbocycles. The van der Waals surface area contributed by atoms with Crippen molar-refractivity contribution in [1.29, 1.82) is 0 Å². The first-order valence-corrected chi connectivity index (χ1v) is 12.2. The minimum atomic E-state index is 0.401. The highest BCUT2D eigenvalue weighted by atomic mass is 32.2. The second kappa shape index (κ2) is 9.66. The van der Waals surface area contributed by atoms with Crippen LogP contribution in [-0.4, -0.2) is 19.7 Å². The van der Waals surface area contributed by atoms with E-state index in [1.807, 2.05) is 6.07 Å². The van der Waals surface area contributed by atoms with Crippen LogP contribution in [0.15, 0.2) is 53.0 Å². The number of ether oxygens (including phenoxy) is 1. The summed E-state index contributed by atoms with van der Waals surface area (Å²) in [5, 5.41) is 12.8. The highest BCUT2D eigenvalue weighted by Gasteiger charge is 2.13. The van der Waals surface area contributed by atoms with Crippen LogP contribution in [0.1, 0.15) is 35.1 Å². The van der Waals surface area contributed by atoms with Gasteiger partial charge in [0, 0.05) is 23.2 Å². The molecule has 2 aromatic heterocycles. The van der Waals surface area contributed by atoms with E-state index in [0.29, 0.717) is 6.61 Å². The summed E-state index contributed by atoms with van der Waals surface area (Å²) in [4.78, 5) is 4.81. The van der Waals surface area contributed by atoms with E-state index in [4.69, 9.17) is 9.72 Å². The molecule has 4 aromatic rings. The fourth-order valence-electron chi connectivity index (χ4n) is 3.22. The maximum Gasteiger partial charge on any atom is 0.191 e. The van der Waals surface area contributed by atoms with Gasteiger partial charge in [0.2, 0.25) is 0 Å². The lowest BCUT2D eigenvalue weighted by Gasteiger charge is -2.10. The molecule has 0 fully saturated rings. The highest BCUT2D eigenvalue weighted by molar-refractivity contribution is 7.98. The van der Waals surface area contributed by atoms with Gasteiger partial charge in [0.25, 0.3) is 0 Å². The average molecular weight is 451 g/mol. The van der Waals surface area contributed by atoms with Gasteiger partial charge in [-0.25, -0.2) is 4.98 Å². The summed E-state index contributed by atoms with van der Waals surface area (Å²) in [6.45, 7) is 9.60. The first kappa shape index (κ1) is 21.6. The van der Waals surface area contributed by atoms with Gasteiger partial charge in [0.15, 0.2) is 11.0 Å². The summed E-state index contributed by atoms with van der Waals surface area (Å²) >= 11 is 3.34. The van der Waals surface area contributed by atoms with Crippen molar-refractivity contribution in [2.45, 2.75) is 51.8 Å². The minimum absolute atomic E-state index is 0.401. The lowest BCUT2D eigenvalue weighted by Crippen LogP contribution is -2.07. The molecule has 0 saturated carbocycles. The number of thioether (sulfide) groups is 1. The van der Waals surface area contributed by atoms with Crippen molar-refractivity contribution >= 4 is 23.1 Å². The van der Waals surface area contributed by atoms with E-state index in [1.165, 1.54) is 22.3 Å². The number of aryl methyl sites for hydroxylation is 3. The molecular formula is C24H26N4OS2. The summed E-state index contributed by atoms with van der Waals surface area (Å²) in [6, 6.07) is 14.6. The van der Waals surface area contributed by atoms with Gasteiger partial charge < -0.3 is 9.30 Å². The lowest BCUT2D eigenvalue weighted by atomic mass is 10.1. The Morgan fingerprint density at radius 3 is 2.68 bits per heavy atom. The fourth-order valence-corrected chi connectivity index (χ4v) is 5.06. The number of hydrogen-bond acceptors (Lipinski definition) is 6. The highest BCUT2D eigenvalue weighted by Crippen LogP contribution is 2.28. The van der Waals surface area contributed by atoms with Crippen LogP contribution in [0, 0.1) is 20.8 Å². The van der Waals surface area contributed by atoms with E-state index in [0.717, 1.165) is 39.7 Å². The van der Waals surface area contributed by atoms with Crippen LogP contribution in [0.5, 0.6) is 5.75 Å². The van der Waals surface area contributed by atoms with Gasteiger partial charge in [0.1, 0.15) is 17.4 Å². The van der Waals surface area contributed by atoms with Gasteiger partial charge in [-0.2, -0.15) is 0 Å². The zero-order valence-electron chi connectivity index (χ0n) is 18.3. The first-order valence-electron chi connectivity index (χ1n) is 10.3. The quantitative estimate of drug-likeness (QED) is 0.298. The molecule has 0 N–H and O–H groups in total. The Morgan fingerprint density at radius 2 is 1.90 bits per heavy atom. The molecule has 0 aliphatic heterocycles. The molecule has 0 spiro atoms. The maximum absolute atomic E-state index is 5.97. The first-order chi connectivity index (χ1) is 15.0. The van der Waals surface area contributed by atoms with Crippen LogP contribution in [0.4, 0.5) is 0 Å². The molecule has 0 radical (unpaired) electrons. The van der Waals surface area contributed by atoms with Crippen molar-refractivity contribution in [3.05, 3.63) is 76.1 Å². The molecule has 0 aliphatic rings. The molecule has 31 heavy (non-hydrogen) atoms. The Kier molecular flexibility index (Phi) is 6.73. The number of aromatic nitrogens is 4. The van der Waals surface area contributed by atoms with Gasteiger partial charge in [-0.3, -0.25) is 0 Å². The molecular weight excluding hydrogens is 424 g/mol. The third-order valence-electron chi connectivity index (χ3n) is 5.12. The average Bonchev–Trinajstić information content (AvgIpc) is 3.39. The molecule has 0 amide bonds. The van der Waals surface area contributed by atoms with Crippen molar-refractivity contribution in [3.63, 3.8) is 0 Å². The van der Waals surface area contributed by atoms with E-state index in [2.05, 4.69) is 84.2 Å². The number of nitrogens with zero attached hydrogens (tertiary/aromatic N) is 4. The Balaban J connectivity index is 1.40. The molecule has 0 saturated heterocycles. The molecule has 7 heteroatoms. The lowest BCUT2D eigenvalue weighted by molar-refractivity contribution is 0.288. The SMILES string of the molecule is CCn1c(COc2ccc(C)c(C)c2)nnc1SCc1csc(-c2cccc(C)c2)n1. The largest absolute Gasteiger partial charge is 0.486 e. The fraction of sp³-hybridized carbons (Fsp3) is 0.292. The van der Waals surface area contributed by atoms with E-state index in [1.54, 1.807) is 23.1 Å². The number of hydrogen-bond donors (Lipinski definition) is 0. The Labute approximate surface area is 191 Å². The number of rotatable bonds is 8. The van der Waals surface area contributed by atoms with Gasteiger partial charge in [0.05, 0.1) is 5.69 Å². The van der Waals surface area contributed by atoms with Gasteiger partial charge >= 0.3 is 0 Å². The Morgan fingerprint density at radius 1 is 1.03 bits per heavy atom. The van der Waals surface area contributed by atoms with Crippen LogP contribution in [0.2, 0.25) is 0 Å². The Bertz CT molecular complexity index is 1180. The zero-order chi connectivity index (χ0) is 21.8. The van der Waals surface area contributed by atoms with Crippen molar-refractivity contribution < 1.29 is 4.74 Å². The van der Waals surface area contributed by atoms with Gasteiger partial charge in [-0.05, 0) is 57.0 Å².